The van der Waals surface area contributed by atoms with E-state index >= 15 is 0 Å². The smallest absolute Gasteiger partial charge is 0.407 e. The molecule has 14 heteroatoms. The van der Waals surface area contributed by atoms with Gasteiger partial charge in [0.05, 0.1) is 37.0 Å². The molecule has 0 spiro atoms. The number of aliphatic hydroxyl groups is 5. The number of fused-ring (bicyclic) bond motifs is 1. The van der Waals surface area contributed by atoms with E-state index in [1.54, 1.807) is 4.90 Å². The third-order valence-electron chi connectivity index (χ3n) is 13.2. The van der Waals surface area contributed by atoms with E-state index in [-0.39, 0.29) is 55.3 Å². The van der Waals surface area contributed by atoms with Crippen molar-refractivity contribution < 1.29 is 44.6 Å². The third kappa shape index (κ3) is 9.82. The lowest BCUT2D eigenvalue weighted by Crippen LogP contribution is -2.65. The van der Waals surface area contributed by atoms with Crippen LogP contribution in [0.15, 0.2) is 24.3 Å². The Hall–Kier alpha value is -2.87. The van der Waals surface area contributed by atoms with Gasteiger partial charge in [0.2, 0.25) is 5.91 Å². The molecule has 5 saturated carbocycles. The number of benzene rings is 1. The monoisotopic (exact) mass is 769 g/mol. The van der Waals surface area contributed by atoms with Crippen molar-refractivity contribution in [3.05, 3.63) is 35.4 Å². The molecular weight excluding hydrogens is 706 g/mol. The number of hydrogen-bond acceptors (Lipinski definition) is 12. The van der Waals surface area contributed by atoms with Gasteiger partial charge in [-0.1, -0.05) is 50.5 Å². The Morgan fingerprint density at radius 1 is 0.982 bits per heavy atom. The molecule has 12 atom stereocenters. The number of nitrogens with one attached hydrogen (secondary N) is 1. The number of carbonyl (C=O) groups excluding carboxylic acids is 2. The third-order valence-corrected chi connectivity index (χ3v) is 13.2. The first-order valence-corrected chi connectivity index (χ1v) is 20.5. The highest BCUT2D eigenvalue weighted by atomic mass is 16.6. The van der Waals surface area contributed by atoms with Gasteiger partial charge in [-0.2, -0.15) is 5.26 Å². The predicted octanol–water partition coefficient (Wildman–Crippen LogP) is 1.93. The zero-order chi connectivity index (χ0) is 39.3. The summed E-state index contributed by atoms with van der Waals surface area (Å²) in [6.45, 7) is 3.25. The first-order chi connectivity index (χ1) is 26.4. The molecule has 6 fully saturated rings. The molecule has 4 bridgehead atoms. The fraction of sp³-hybridized carbons (Fsp3) is 0.780. The molecule has 8 N–H and O–H groups in total. The zero-order valence-electron chi connectivity index (χ0n) is 32.3. The van der Waals surface area contributed by atoms with Gasteiger partial charge < -0.3 is 51.0 Å². The fourth-order valence-corrected chi connectivity index (χ4v) is 10.7. The van der Waals surface area contributed by atoms with Crippen molar-refractivity contribution in [2.24, 2.45) is 28.9 Å². The normalized spacial score (nSPS) is 31.7. The Morgan fingerprint density at radius 2 is 1.67 bits per heavy atom. The number of amides is 2. The van der Waals surface area contributed by atoms with Crippen LogP contribution in [-0.4, -0.2) is 128 Å². The SMILES string of the molecule is CCCCCCN(Cc1ccc(CNC(=O)OCCOC23CC4C[C@H](C2)CC([C@H](N)C(=O)N2[C@H](C#N)C[C@@H]5C[C@@H]52)(C4)C3)cc1)C[C@H](O)[C@@H](O)[C@H](O)[C@H](O)CO. The second kappa shape index (κ2) is 18.2. The minimum atomic E-state index is -1.67. The maximum atomic E-state index is 13.8. The van der Waals surface area contributed by atoms with E-state index in [0.29, 0.717) is 30.8 Å². The average Bonchev–Trinajstić information content (AvgIpc) is 3.84. The molecule has 0 radical (unpaired) electrons. The number of carbonyl (C=O) groups is 2. The quantitative estimate of drug-likeness (QED) is 0.0892. The lowest BCUT2D eigenvalue weighted by molar-refractivity contribution is -0.203. The molecule has 0 aromatic heterocycles. The summed E-state index contributed by atoms with van der Waals surface area (Å²) < 4.78 is 12.0. The summed E-state index contributed by atoms with van der Waals surface area (Å²) in [7, 11) is 0. The highest BCUT2D eigenvalue weighted by molar-refractivity contribution is 5.84. The van der Waals surface area contributed by atoms with E-state index in [2.05, 4.69) is 18.3 Å². The number of nitriles is 1. The number of rotatable bonds is 21. The lowest BCUT2D eigenvalue weighted by atomic mass is 9.46. The highest BCUT2D eigenvalue weighted by Gasteiger charge is 2.63. The Balaban J connectivity index is 0.941. The number of unbranched alkanes of at least 4 members (excludes halogenated alkanes) is 3. The lowest BCUT2D eigenvalue weighted by Gasteiger charge is -2.63. The van der Waals surface area contributed by atoms with Gasteiger partial charge in [-0.15, -0.1) is 0 Å². The van der Waals surface area contributed by atoms with Crippen molar-refractivity contribution in [2.75, 3.05) is 32.9 Å². The Morgan fingerprint density at radius 3 is 2.35 bits per heavy atom. The van der Waals surface area contributed by atoms with Gasteiger partial charge in [0, 0.05) is 25.7 Å². The van der Waals surface area contributed by atoms with Gasteiger partial charge in [-0.05, 0) is 98.6 Å². The zero-order valence-corrected chi connectivity index (χ0v) is 32.3. The van der Waals surface area contributed by atoms with Crippen molar-refractivity contribution in [3.8, 4) is 6.07 Å². The van der Waals surface area contributed by atoms with Crippen LogP contribution in [-0.2, 0) is 27.4 Å². The molecule has 5 aliphatic carbocycles. The van der Waals surface area contributed by atoms with Gasteiger partial charge in [0.1, 0.15) is 31.0 Å². The molecule has 306 valence electrons. The van der Waals surface area contributed by atoms with Crippen molar-refractivity contribution in [2.45, 2.75) is 145 Å². The van der Waals surface area contributed by atoms with Gasteiger partial charge in [0.15, 0.2) is 0 Å². The summed E-state index contributed by atoms with van der Waals surface area (Å²) in [5.74, 6) is 1.29. The van der Waals surface area contributed by atoms with E-state index in [1.807, 2.05) is 29.2 Å². The van der Waals surface area contributed by atoms with Crippen LogP contribution in [0, 0.1) is 34.5 Å². The molecule has 14 nitrogen and oxygen atoms in total. The summed E-state index contributed by atoms with van der Waals surface area (Å²) >= 11 is 0. The number of piperidine rings is 1. The Labute approximate surface area is 324 Å². The number of hydrogen-bond donors (Lipinski definition) is 7. The molecule has 1 aromatic carbocycles. The number of aliphatic hydroxyl groups excluding tert-OH is 5. The number of nitrogens with two attached hydrogens (primary N) is 1. The van der Waals surface area contributed by atoms with Gasteiger partial charge in [-0.3, -0.25) is 9.69 Å². The maximum Gasteiger partial charge on any atom is 0.407 e. The molecule has 2 amide bonds. The summed E-state index contributed by atoms with van der Waals surface area (Å²) in [6, 6.07) is 9.21. The van der Waals surface area contributed by atoms with Crippen molar-refractivity contribution in [3.63, 3.8) is 0 Å². The van der Waals surface area contributed by atoms with E-state index in [0.717, 1.165) is 88.2 Å². The number of likely N-dealkylation sites (tertiary alicyclic amines) is 1. The standard InChI is InChI=1S/C41H63N5O9/c1-2-3-4-5-10-45(23-33(48)35(50)36(51)34(49)24-47)22-27-8-6-26(7-9-27)21-44-39(53)54-11-12-55-41-18-28-13-29(19-41)17-40(16-28,25-41)37(43)38(52)46-31(20-42)14-30-15-32(30)46/h6-9,28-37,47-51H,2-5,10-19,21-25,43H2,1H3,(H,44,53)/t28-,29?,30+,31-,32-,33-,34+,35+,36+,37+,40?,41?/m0/s1. The van der Waals surface area contributed by atoms with Crippen molar-refractivity contribution >= 4 is 12.0 Å². The second-order valence-electron chi connectivity index (χ2n) is 17.4. The molecule has 55 heavy (non-hydrogen) atoms. The van der Waals surface area contributed by atoms with Gasteiger partial charge in [0.25, 0.3) is 0 Å². The van der Waals surface area contributed by atoms with Crippen LogP contribution in [0.25, 0.3) is 0 Å². The minimum absolute atomic E-state index is 0.0614. The Kier molecular flexibility index (Phi) is 13.8. The molecule has 1 heterocycles. The van der Waals surface area contributed by atoms with Gasteiger partial charge >= 0.3 is 6.09 Å². The van der Waals surface area contributed by atoms with E-state index in [1.165, 1.54) is 0 Å². The number of ether oxygens (including phenoxy) is 2. The molecule has 7 rings (SSSR count). The first-order valence-electron chi connectivity index (χ1n) is 20.5. The summed E-state index contributed by atoms with van der Waals surface area (Å²) in [5, 5.41) is 62.3. The largest absolute Gasteiger partial charge is 0.447 e. The van der Waals surface area contributed by atoms with E-state index in [9.17, 15) is 35.3 Å². The summed E-state index contributed by atoms with van der Waals surface area (Å²) in [5.41, 5.74) is 8.00. The molecule has 3 unspecified atom stereocenters. The number of alkyl carbamates (subject to hydrolysis) is 1. The van der Waals surface area contributed by atoms with Crippen LogP contribution in [0.1, 0.15) is 95.1 Å². The molecule has 1 aliphatic heterocycles. The first kappa shape index (κ1) is 41.8. The highest BCUT2D eigenvalue weighted by Crippen LogP contribution is 2.64. The van der Waals surface area contributed by atoms with Gasteiger partial charge in [-0.25, -0.2) is 4.79 Å². The minimum Gasteiger partial charge on any atom is -0.447 e. The van der Waals surface area contributed by atoms with Crippen LogP contribution in [0.3, 0.4) is 0 Å². The fourth-order valence-electron chi connectivity index (χ4n) is 10.7. The molecule has 1 saturated heterocycles. The van der Waals surface area contributed by atoms with Crippen LogP contribution in [0.5, 0.6) is 0 Å². The summed E-state index contributed by atoms with van der Waals surface area (Å²) in [6.07, 6.45) is 4.69. The Bertz CT molecular complexity index is 1480. The molecule has 6 aliphatic rings. The molecular formula is C41H63N5O9. The average molecular weight is 770 g/mol. The topological polar surface area (TPSA) is 222 Å². The van der Waals surface area contributed by atoms with E-state index in [4.69, 9.17) is 20.3 Å². The second-order valence-corrected chi connectivity index (χ2v) is 17.4. The van der Waals surface area contributed by atoms with Crippen molar-refractivity contribution in [1.29, 1.82) is 5.26 Å². The molecule has 1 aromatic rings. The summed E-state index contributed by atoms with van der Waals surface area (Å²) in [4.78, 5) is 30.2. The van der Waals surface area contributed by atoms with Crippen LogP contribution < -0.4 is 11.1 Å². The predicted molar refractivity (Wildman–Crippen MR) is 202 cm³/mol. The maximum absolute atomic E-state index is 13.8. The van der Waals surface area contributed by atoms with E-state index < -0.39 is 43.2 Å². The number of nitrogens with zero attached hydrogens (tertiary/aromatic N) is 3. The van der Waals surface area contributed by atoms with Crippen LogP contribution in [0.2, 0.25) is 0 Å². The van der Waals surface area contributed by atoms with Crippen LogP contribution >= 0.6 is 0 Å². The van der Waals surface area contributed by atoms with Crippen molar-refractivity contribution in [1.82, 2.24) is 15.1 Å². The van der Waals surface area contributed by atoms with Crippen LogP contribution in [0.4, 0.5) is 4.79 Å².